The van der Waals surface area contributed by atoms with Crippen LogP contribution in [0.5, 0.6) is 0 Å². The first-order valence-electron chi connectivity index (χ1n) is 4.00. The molecule has 6 nitrogen and oxygen atoms in total. The van der Waals surface area contributed by atoms with Crippen LogP contribution in [0.15, 0.2) is 0 Å². The Kier molecular flexibility index (Phi) is 7.38. The van der Waals surface area contributed by atoms with Gasteiger partial charge in [0.15, 0.2) is 0 Å². The molecule has 0 aromatic rings. The number of hydrogen-bond acceptors (Lipinski definition) is 6. The van der Waals surface area contributed by atoms with E-state index in [9.17, 15) is 4.79 Å². The van der Waals surface area contributed by atoms with Crippen LogP contribution >= 0.6 is 0 Å². The van der Waals surface area contributed by atoms with Crippen LogP contribution in [-0.4, -0.2) is 49.8 Å². The van der Waals surface area contributed by atoms with Gasteiger partial charge in [-0.3, -0.25) is 4.79 Å². The molecule has 7 heteroatoms. The van der Waals surface area contributed by atoms with Gasteiger partial charge in [-0.1, -0.05) is 0 Å². The molecular formula is C7H13AgNO5. The van der Waals surface area contributed by atoms with E-state index in [4.69, 9.17) is 25.1 Å². The Morgan fingerprint density at radius 1 is 1.64 bits per heavy atom. The summed E-state index contributed by atoms with van der Waals surface area (Å²) in [4.78, 5) is 11.0. The minimum atomic E-state index is -1.01. The minimum Gasteiger partial charge on any atom is -0.432 e. The summed E-state index contributed by atoms with van der Waals surface area (Å²) in [5.41, 5.74) is 5.21. The number of hydrogen-bond donors (Lipinski definition) is 2. The van der Waals surface area contributed by atoms with E-state index in [0.29, 0.717) is 13.2 Å². The Bertz CT molecular complexity index is 173. The van der Waals surface area contributed by atoms with Crippen molar-refractivity contribution < 1.29 is 46.5 Å². The largest absolute Gasteiger partial charge is 0.432 e. The van der Waals surface area contributed by atoms with Crippen LogP contribution in [0, 0.1) is 0 Å². The van der Waals surface area contributed by atoms with E-state index < -0.39 is 24.9 Å². The van der Waals surface area contributed by atoms with Crippen LogP contribution in [0.1, 0.15) is 0 Å². The summed E-state index contributed by atoms with van der Waals surface area (Å²) in [5.74, 6) is -0.682. The molecular weight excluding hydrogens is 286 g/mol. The van der Waals surface area contributed by atoms with Gasteiger partial charge in [0, 0.05) is 22.4 Å². The second-order valence-electron chi connectivity index (χ2n) is 2.60. The van der Waals surface area contributed by atoms with Crippen molar-refractivity contribution in [2.75, 3.05) is 26.4 Å². The van der Waals surface area contributed by atoms with Gasteiger partial charge >= 0.3 is 5.97 Å². The molecule has 0 aromatic heterocycles. The molecule has 3 N–H and O–H groups in total. The number of aliphatic hydroxyl groups is 1. The summed E-state index contributed by atoms with van der Waals surface area (Å²) in [6, 6.07) is -1.01. The van der Waals surface area contributed by atoms with Gasteiger partial charge in [-0.15, -0.1) is 0 Å². The molecule has 0 amide bonds. The topological polar surface area (TPSA) is 91.0 Å². The predicted molar refractivity (Wildman–Crippen MR) is 41.7 cm³/mol. The fraction of sp³-hybridized carbons (Fsp3) is 0.857. The number of esters is 1. The van der Waals surface area contributed by atoms with E-state index >= 15 is 0 Å². The number of carbonyl (C=O) groups excluding carboxylic acids is 1. The second kappa shape index (κ2) is 7.36. The van der Waals surface area contributed by atoms with Crippen molar-refractivity contribution in [1.82, 2.24) is 0 Å². The van der Waals surface area contributed by atoms with E-state index in [1.165, 1.54) is 0 Å². The van der Waals surface area contributed by atoms with E-state index in [-0.39, 0.29) is 29.0 Å². The van der Waals surface area contributed by atoms with Crippen LogP contribution in [0.25, 0.3) is 0 Å². The molecule has 1 saturated heterocycles. The summed E-state index contributed by atoms with van der Waals surface area (Å²) in [6.45, 7) is 0.669. The molecule has 0 spiro atoms. The van der Waals surface area contributed by atoms with Gasteiger partial charge in [0.1, 0.15) is 12.6 Å². The van der Waals surface area contributed by atoms with E-state index in [2.05, 4.69) is 0 Å². The first-order chi connectivity index (χ1) is 6.24. The SMILES string of the molecule is N[C@@H](CO)C(=O)OC1COCCO1.[Ag]. The molecule has 0 bridgehead atoms. The summed E-state index contributed by atoms with van der Waals surface area (Å²) in [6.07, 6.45) is -0.696. The summed E-state index contributed by atoms with van der Waals surface area (Å²) in [5, 5.41) is 8.54. The minimum absolute atomic E-state index is 0. The number of carbonyl (C=O) groups is 1. The first-order valence-corrected chi connectivity index (χ1v) is 4.00. The summed E-state index contributed by atoms with van der Waals surface area (Å²) < 4.78 is 14.8. The Balaban J connectivity index is 0.00000169. The molecule has 2 atom stereocenters. The zero-order valence-corrected chi connectivity index (χ0v) is 8.92. The van der Waals surface area contributed by atoms with Gasteiger partial charge in [-0.2, -0.15) is 0 Å². The molecule has 1 aliphatic rings. The van der Waals surface area contributed by atoms with Gasteiger partial charge in [-0.05, 0) is 0 Å². The smallest absolute Gasteiger partial charge is 0.327 e. The van der Waals surface area contributed by atoms with Gasteiger partial charge in [0.05, 0.1) is 19.8 Å². The van der Waals surface area contributed by atoms with E-state index in [1.807, 2.05) is 0 Å². The van der Waals surface area contributed by atoms with Crippen LogP contribution in [0.2, 0.25) is 0 Å². The Morgan fingerprint density at radius 2 is 2.36 bits per heavy atom. The summed E-state index contributed by atoms with van der Waals surface area (Å²) >= 11 is 0. The molecule has 1 heterocycles. The van der Waals surface area contributed by atoms with Crippen LogP contribution in [-0.2, 0) is 41.4 Å². The van der Waals surface area contributed by atoms with Gasteiger partial charge < -0.3 is 25.1 Å². The Hall–Kier alpha value is 0.0503. The molecule has 1 rings (SSSR count). The number of rotatable bonds is 3. The van der Waals surface area contributed by atoms with E-state index in [1.54, 1.807) is 0 Å². The van der Waals surface area contributed by atoms with Gasteiger partial charge in [-0.25, -0.2) is 0 Å². The third-order valence-electron chi connectivity index (χ3n) is 1.53. The van der Waals surface area contributed by atoms with Crippen molar-refractivity contribution in [3.8, 4) is 0 Å². The van der Waals surface area contributed by atoms with Crippen LogP contribution in [0.3, 0.4) is 0 Å². The second-order valence-corrected chi connectivity index (χ2v) is 2.60. The van der Waals surface area contributed by atoms with Crippen molar-refractivity contribution in [2.24, 2.45) is 5.73 Å². The standard InChI is InChI=1S/C7H13NO5.Ag/c8-5(3-9)7(10)13-6-4-11-1-2-12-6;/h5-6,9H,1-4,8H2;/t5-,6?;/m0./s1. The third-order valence-corrected chi connectivity index (χ3v) is 1.53. The maximum Gasteiger partial charge on any atom is 0.327 e. The number of nitrogens with two attached hydrogens (primary N) is 1. The average molecular weight is 299 g/mol. The zero-order valence-electron chi connectivity index (χ0n) is 7.44. The van der Waals surface area contributed by atoms with Crippen molar-refractivity contribution in [3.63, 3.8) is 0 Å². The van der Waals surface area contributed by atoms with Gasteiger partial charge in [0.2, 0.25) is 6.29 Å². The predicted octanol–water partition coefficient (Wildman–Crippen LogP) is -1.78. The van der Waals surface area contributed by atoms with Crippen LogP contribution < -0.4 is 5.73 Å². The maximum absolute atomic E-state index is 11.0. The number of aliphatic hydroxyl groups excluding tert-OH is 1. The van der Waals surface area contributed by atoms with E-state index in [0.717, 1.165) is 0 Å². The van der Waals surface area contributed by atoms with Crippen molar-refractivity contribution in [3.05, 3.63) is 0 Å². The van der Waals surface area contributed by atoms with Crippen molar-refractivity contribution in [2.45, 2.75) is 12.3 Å². The van der Waals surface area contributed by atoms with Crippen LogP contribution in [0.4, 0.5) is 0 Å². The van der Waals surface area contributed by atoms with Crippen molar-refractivity contribution in [1.29, 1.82) is 0 Å². The monoisotopic (exact) mass is 298 g/mol. The fourth-order valence-corrected chi connectivity index (χ4v) is 0.826. The molecule has 0 aliphatic carbocycles. The number of ether oxygens (including phenoxy) is 3. The fourth-order valence-electron chi connectivity index (χ4n) is 0.826. The quantitative estimate of drug-likeness (QED) is 0.473. The third kappa shape index (κ3) is 4.52. The maximum atomic E-state index is 11.0. The van der Waals surface area contributed by atoms with Gasteiger partial charge in [0.25, 0.3) is 0 Å². The molecule has 1 radical (unpaired) electrons. The molecule has 87 valence electrons. The first kappa shape index (κ1) is 14.1. The Morgan fingerprint density at radius 3 is 2.86 bits per heavy atom. The van der Waals surface area contributed by atoms with Crippen molar-refractivity contribution >= 4 is 5.97 Å². The molecule has 1 unspecified atom stereocenters. The molecule has 1 fully saturated rings. The molecule has 14 heavy (non-hydrogen) atoms. The molecule has 0 saturated carbocycles. The normalized spacial score (nSPS) is 23.4. The molecule has 0 aromatic carbocycles. The zero-order chi connectivity index (χ0) is 9.68. The Labute approximate surface area is 97.2 Å². The molecule has 1 aliphatic heterocycles. The summed E-state index contributed by atoms with van der Waals surface area (Å²) in [7, 11) is 0. The average Bonchev–Trinajstić information content (AvgIpc) is 2.18.